The second kappa shape index (κ2) is 10.9. The fourth-order valence-electron chi connectivity index (χ4n) is 2.26. The van der Waals surface area contributed by atoms with Crippen molar-refractivity contribution in [3.63, 3.8) is 0 Å². The van der Waals surface area contributed by atoms with Crippen molar-refractivity contribution in [3.8, 4) is 0 Å². The van der Waals surface area contributed by atoms with Crippen LogP contribution in [0.25, 0.3) is 0 Å². The molecule has 15 heteroatoms. The molecule has 2 fully saturated rings. The predicted octanol–water partition coefficient (Wildman–Crippen LogP) is -0.326. The smallest absolute Gasteiger partial charge is 0.469 e. The van der Waals surface area contributed by atoms with E-state index in [1.165, 1.54) is 7.11 Å². The average Bonchev–Trinajstić information content (AvgIpc) is 3.20. The Kier molecular flexibility index (Phi) is 8.25. The molecule has 31 heavy (non-hydrogen) atoms. The Bertz CT molecular complexity index is 695. The number of methoxy groups -OCH3 is 1. The van der Waals surface area contributed by atoms with Crippen molar-refractivity contribution in [2.45, 2.75) is 45.0 Å². The average molecular weight is 446 g/mol. The van der Waals surface area contributed by atoms with E-state index in [1.807, 2.05) is 0 Å². The summed E-state index contributed by atoms with van der Waals surface area (Å²) in [4.78, 5) is 89.5. The molecule has 0 aromatic carbocycles. The minimum Gasteiger partial charge on any atom is -0.469 e. The molecule has 2 heterocycles. The zero-order chi connectivity index (χ0) is 23.0. The third-order valence-corrected chi connectivity index (χ3v) is 3.73. The van der Waals surface area contributed by atoms with Crippen molar-refractivity contribution >= 4 is 41.9 Å². The maximum atomic E-state index is 11.8. The maximum absolute atomic E-state index is 11.8. The van der Waals surface area contributed by atoms with Gasteiger partial charge in [0.15, 0.2) is 0 Å². The summed E-state index contributed by atoms with van der Waals surface area (Å²) in [6, 6.07) is 0. The number of rotatable bonds is 9. The Hall–Kier alpha value is -3.75. The summed E-state index contributed by atoms with van der Waals surface area (Å²) in [6.45, 7) is -2.41. The third kappa shape index (κ3) is 6.91. The normalized spacial score (nSPS) is 16.1. The van der Waals surface area contributed by atoms with Gasteiger partial charge in [-0.15, -0.1) is 0 Å². The van der Waals surface area contributed by atoms with Crippen LogP contribution >= 0.6 is 0 Å². The second-order valence-electron chi connectivity index (χ2n) is 5.92. The molecule has 0 aromatic rings. The van der Waals surface area contributed by atoms with Gasteiger partial charge in [-0.3, -0.25) is 33.6 Å². The van der Waals surface area contributed by atoms with Crippen LogP contribution in [0, 0.1) is 0 Å². The molecular formula is C16H18N2O13. The largest absolute Gasteiger partial charge is 0.538 e. The molecule has 0 N–H and O–H groups in total. The molecule has 0 spiro atoms. The first-order valence-electron chi connectivity index (χ1n) is 8.88. The van der Waals surface area contributed by atoms with Crippen LogP contribution in [-0.2, 0) is 52.6 Å². The second-order valence-corrected chi connectivity index (χ2v) is 5.92. The summed E-state index contributed by atoms with van der Waals surface area (Å²) >= 11 is 0. The zero-order valence-electron chi connectivity index (χ0n) is 16.2. The van der Waals surface area contributed by atoms with Gasteiger partial charge < -0.3 is 18.9 Å². The van der Waals surface area contributed by atoms with Crippen molar-refractivity contribution in [1.29, 1.82) is 0 Å². The van der Waals surface area contributed by atoms with Gasteiger partial charge in [-0.2, -0.15) is 0 Å². The Morgan fingerprint density at radius 2 is 1.23 bits per heavy atom. The Morgan fingerprint density at radius 1 is 0.806 bits per heavy atom. The van der Waals surface area contributed by atoms with E-state index in [0.717, 1.165) is 0 Å². The number of esters is 1. The van der Waals surface area contributed by atoms with Gasteiger partial charge in [-0.25, -0.2) is 9.59 Å². The summed E-state index contributed by atoms with van der Waals surface area (Å²) in [6.07, 6.45) is -3.95. The van der Waals surface area contributed by atoms with Crippen LogP contribution in [0.1, 0.15) is 38.5 Å². The maximum Gasteiger partial charge on any atom is 0.538 e. The van der Waals surface area contributed by atoms with Crippen LogP contribution in [0.4, 0.5) is 9.59 Å². The molecule has 0 atom stereocenters. The zero-order valence-corrected chi connectivity index (χ0v) is 16.2. The van der Waals surface area contributed by atoms with Gasteiger partial charge in [0.25, 0.3) is 23.6 Å². The summed E-state index contributed by atoms with van der Waals surface area (Å²) in [5.74, 6) is -3.71. The quantitative estimate of drug-likeness (QED) is 0.194. The van der Waals surface area contributed by atoms with Crippen molar-refractivity contribution in [2.75, 3.05) is 13.7 Å². The Labute approximate surface area is 173 Å². The lowest BCUT2D eigenvalue weighted by atomic mass is 10.3. The standard InChI is InChI=1S/C16H18N2O13/c1-26-13(23)3-2-8-27-16(28-14(24)30-17-9(19)4-5-10(17)20)29-15(25)31-18-11(21)6-7-12(18)22/h16H,2-8H2,1H3. The van der Waals surface area contributed by atoms with E-state index in [2.05, 4.69) is 23.9 Å². The number of amides is 4. The predicted molar refractivity (Wildman–Crippen MR) is 88.3 cm³/mol. The Balaban J connectivity index is 1.92. The van der Waals surface area contributed by atoms with Gasteiger partial charge >= 0.3 is 24.8 Å². The van der Waals surface area contributed by atoms with Crippen LogP contribution in [0.3, 0.4) is 0 Å². The third-order valence-electron chi connectivity index (χ3n) is 3.73. The fraction of sp³-hybridized carbons (Fsp3) is 0.562. The lowest BCUT2D eigenvalue weighted by molar-refractivity contribution is -0.265. The molecule has 2 rings (SSSR count). The number of ether oxygens (including phenoxy) is 4. The molecular weight excluding hydrogens is 428 g/mol. The van der Waals surface area contributed by atoms with Crippen molar-refractivity contribution in [3.05, 3.63) is 0 Å². The molecule has 4 amide bonds. The van der Waals surface area contributed by atoms with Crippen LogP contribution in [0.5, 0.6) is 0 Å². The monoisotopic (exact) mass is 446 g/mol. The number of imide groups is 2. The number of hydrogen-bond acceptors (Lipinski definition) is 13. The molecule has 15 nitrogen and oxygen atoms in total. The summed E-state index contributed by atoms with van der Waals surface area (Å²) in [5, 5.41) is 0.354. The van der Waals surface area contributed by atoms with Crippen LogP contribution in [0.15, 0.2) is 0 Å². The van der Waals surface area contributed by atoms with Crippen LogP contribution in [-0.4, -0.2) is 72.2 Å². The van der Waals surface area contributed by atoms with E-state index in [-0.39, 0.29) is 55.3 Å². The fourth-order valence-corrected chi connectivity index (χ4v) is 2.26. The highest BCUT2D eigenvalue weighted by atomic mass is 17.0. The molecule has 0 saturated carbocycles. The van der Waals surface area contributed by atoms with Gasteiger partial charge in [-0.1, -0.05) is 10.1 Å². The molecule has 0 aliphatic carbocycles. The number of carbonyl (C=O) groups excluding carboxylic acids is 7. The SMILES string of the molecule is COC(=O)CCCOC(OC(=O)ON1C(=O)CCC1=O)OC(=O)ON1C(=O)CCC1=O. The molecule has 0 radical (unpaired) electrons. The number of hydrogen-bond donors (Lipinski definition) is 0. The summed E-state index contributed by atoms with van der Waals surface area (Å²) in [7, 11) is 1.17. The topological polar surface area (TPSA) is 181 Å². The van der Waals surface area contributed by atoms with Gasteiger partial charge in [-0.05, 0) is 6.42 Å². The lowest BCUT2D eigenvalue weighted by Gasteiger charge is -2.20. The van der Waals surface area contributed by atoms with E-state index in [1.54, 1.807) is 0 Å². The van der Waals surface area contributed by atoms with E-state index >= 15 is 0 Å². The molecule has 2 aliphatic heterocycles. The van der Waals surface area contributed by atoms with E-state index in [0.29, 0.717) is 0 Å². The minimum absolute atomic E-state index is 0.0617. The van der Waals surface area contributed by atoms with Gasteiger partial charge in [0.2, 0.25) is 0 Å². The molecule has 2 saturated heterocycles. The molecule has 0 aromatic heterocycles. The van der Waals surface area contributed by atoms with Crippen molar-refractivity contribution in [1.82, 2.24) is 10.1 Å². The van der Waals surface area contributed by atoms with Gasteiger partial charge in [0.05, 0.1) is 13.7 Å². The highest BCUT2D eigenvalue weighted by molar-refractivity contribution is 6.02. The number of carbonyl (C=O) groups is 7. The first-order valence-corrected chi connectivity index (χ1v) is 8.88. The summed E-state index contributed by atoms with van der Waals surface area (Å²) in [5.41, 5.74) is 0. The molecule has 170 valence electrons. The highest BCUT2D eigenvalue weighted by Gasteiger charge is 2.36. The van der Waals surface area contributed by atoms with E-state index in [9.17, 15) is 33.6 Å². The number of hydroxylamine groups is 4. The van der Waals surface area contributed by atoms with E-state index < -0.39 is 48.4 Å². The van der Waals surface area contributed by atoms with Crippen LogP contribution < -0.4 is 0 Å². The van der Waals surface area contributed by atoms with Crippen molar-refractivity contribution in [2.24, 2.45) is 0 Å². The van der Waals surface area contributed by atoms with Gasteiger partial charge in [0, 0.05) is 32.1 Å². The van der Waals surface area contributed by atoms with E-state index in [4.69, 9.17) is 4.74 Å². The Morgan fingerprint density at radius 3 is 1.61 bits per heavy atom. The number of nitrogens with zero attached hydrogens (tertiary/aromatic N) is 2. The molecule has 0 bridgehead atoms. The molecule has 2 aliphatic rings. The first kappa shape index (κ1) is 23.5. The van der Waals surface area contributed by atoms with Crippen molar-refractivity contribution < 1.29 is 62.2 Å². The highest BCUT2D eigenvalue weighted by Crippen LogP contribution is 2.15. The first-order chi connectivity index (χ1) is 14.7. The summed E-state index contributed by atoms with van der Waals surface area (Å²) < 4.78 is 18.6. The lowest BCUT2D eigenvalue weighted by Crippen LogP contribution is -2.37. The van der Waals surface area contributed by atoms with Gasteiger partial charge in [0.1, 0.15) is 0 Å². The minimum atomic E-state index is -2.13. The molecule has 0 unspecified atom stereocenters. The van der Waals surface area contributed by atoms with Crippen LogP contribution in [0.2, 0.25) is 0 Å².